The van der Waals surface area contributed by atoms with E-state index in [9.17, 15) is 4.79 Å². The highest BCUT2D eigenvalue weighted by atomic mass is 16.5. The molecule has 2 rings (SSSR count). The lowest BCUT2D eigenvalue weighted by Gasteiger charge is -2.21. The summed E-state index contributed by atoms with van der Waals surface area (Å²) in [6.07, 6.45) is 1.86. The van der Waals surface area contributed by atoms with Crippen molar-refractivity contribution in [3.05, 3.63) is 29.3 Å². The molecule has 19 heavy (non-hydrogen) atoms. The number of methoxy groups -OCH3 is 1. The Kier molecular flexibility index (Phi) is 4.43. The Bertz CT molecular complexity index is 459. The van der Waals surface area contributed by atoms with Crippen LogP contribution in [0.15, 0.2) is 18.2 Å². The summed E-state index contributed by atoms with van der Waals surface area (Å²) in [5.41, 5.74) is 2.11. The van der Waals surface area contributed by atoms with Crippen molar-refractivity contribution in [3.63, 3.8) is 0 Å². The highest BCUT2D eigenvalue weighted by Crippen LogP contribution is 2.28. The second-order valence-electron chi connectivity index (χ2n) is 4.90. The molecule has 1 aromatic carbocycles. The molecule has 0 aliphatic carbocycles. The molecule has 0 bridgehead atoms. The van der Waals surface area contributed by atoms with Gasteiger partial charge < -0.3 is 9.47 Å². The molecule has 4 heteroatoms. The molecule has 0 aromatic heterocycles. The second kappa shape index (κ2) is 6.06. The van der Waals surface area contributed by atoms with Crippen LogP contribution >= 0.6 is 0 Å². The molecule has 1 aromatic rings. The van der Waals surface area contributed by atoms with Gasteiger partial charge in [0.05, 0.1) is 13.7 Å². The van der Waals surface area contributed by atoms with E-state index in [1.54, 1.807) is 0 Å². The Morgan fingerprint density at radius 1 is 1.53 bits per heavy atom. The smallest absolute Gasteiger partial charge is 0.327 e. The maximum absolute atomic E-state index is 11.9. The van der Waals surface area contributed by atoms with Gasteiger partial charge in [-0.1, -0.05) is 13.0 Å². The van der Waals surface area contributed by atoms with E-state index in [0.29, 0.717) is 0 Å². The summed E-state index contributed by atoms with van der Waals surface area (Å²) >= 11 is 0. The minimum absolute atomic E-state index is 0.251. The Hall–Kier alpha value is -1.55. The highest BCUT2D eigenvalue weighted by molar-refractivity contribution is 5.77. The van der Waals surface area contributed by atoms with Crippen LogP contribution in [0, 0.1) is 0 Å². The van der Waals surface area contributed by atoms with Gasteiger partial charge in [-0.05, 0) is 36.6 Å². The van der Waals surface area contributed by atoms with E-state index in [0.717, 1.165) is 36.3 Å². The molecule has 0 radical (unpaired) electrons. The summed E-state index contributed by atoms with van der Waals surface area (Å²) in [5.74, 6) is 0.676. The molecule has 1 aliphatic rings. The maximum Gasteiger partial charge on any atom is 0.327 e. The molecule has 2 atom stereocenters. The molecule has 1 aliphatic heterocycles. The number of carbonyl (C=O) groups is 1. The van der Waals surface area contributed by atoms with Gasteiger partial charge in [0.25, 0.3) is 0 Å². The van der Waals surface area contributed by atoms with Gasteiger partial charge in [0.1, 0.15) is 11.8 Å². The van der Waals surface area contributed by atoms with Crippen molar-refractivity contribution >= 4 is 5.97 Å². The van der Waals surface area contributed by atoms with Crippen LogP contribution in [0.3, 0.4) is 0 Å². The van der Waals surface area contributed by atoms with Crippen LogP contribution in [0.25, 0.3) is 0 Å². The van der Waals surface area contributed by atoms with Gasteiger partial charge in [0, 0.05) is 12.5 Å². The number of hydrogen-bond acceptors (Lipinski definition) is 4. The van der Waals surface area contributed by atoms with Crippen molar-refractivity contribution < 1.29 is 14.3 Å². The second-order valence-corrected chi connectivity index (χ2v) is 4.90. The largest absolute Gasteiger partial charge is 0.493 e. The van der Waals surface area contributed by atoms with Crippen molar-refractivity contribution in [2.45, 2.75) is 38.8 Å². The first kappa shape index (κ1) is 13.9. The first-order valence-corrected chi connectivity index (χ1v) is 6.75. The van der Waals surface area contributed by atoms with E-state index in [4.69, 9.17) is 9.47 Å². The molecule has 1 heterocycles. The third kappa shape index (κ3) is 3.07. The number of esters is 1. The lowest BCUT2D eigenvalue weighted by atomic mass is 10.0. The number of rotatable bonds is 5. The molecule has 1 N–H and O–H groups in total. The zero-order valence-electron chi connectivity index (χ0n) is 11.7. The minimum atomic E-state index is -0.411. The first-order valence-electron chi connectivity index (χ1n) is 6.75. The van der Waals surface area contributed by atoms with Crippen molar-refractivity contribution in [1.29, 1.82) is 0 Å². The van der Waals surface area contributed by atoms with E-state index in [2.05, 4.69) is 19.2 Å². The average molecular weight is 263 g/mol. The van der Waals surface area contributed by atoms with Gasteiger partial charge in [-0.25, -0.2) is 4.79 Å². The quantitative estimate of drug-likeness (QED) is 0.828. The number of carbonyl (C=O) groups excluding carboxylic acids is 1. The summed E-state index contributed by atoms with van der Waals surface area (Å²) in [4.78, 5) is 11.9. The third-order valence-electron chi connectivity index (χ3n) is 3.55. The first-order chi connectivity index (χ1) is 9.15. The van der Waals surface area contributed by atoms with Gasteiger partial charge in [-0.15, -0.1) is 0 Å². The van der Waals surface area contributed by atoms with Crippen LogP contribution in [0.5, 0.6) is 5.75 Å². The Morgan fingerprint density at radius 2 is 2.32 bits per heavy atom. The van der Waals surface area contributed by atoms with Crippen LogP contribution in [0.1, 0.15) is 37.4 Å². The summed E-state index contributed by atoms with van der Waals surface area (Å²) in [6.45, 7) is 4.87. The van der Waals surface area contributed by atoms with Crippen LogP contribution in [0.2, 0.25) is 0 Å². The molecular weight excluding hydrogens is 242 g/mol. The van der Waals surface area contributed by atoms with Gasteiger partial charge in [0.15, 0.2) is 0 Å². The fourth-order valence-corrected chi connectivity index (χ4v) is 2.21. The Balaban J connectivity index is 2.24. The molecule has 4 nitrogen and oxygen atoms in total. The average Bonchev–Trinajstić information content (AvgIpc) is 2.90. The van der Waals surface area contributed by atoms with Crippen molar-refractivity contribution in [3.8, 4) is 5.75 Å². The van der Waals surface area contributed by atoms with E-state index >= 15 is 0 Å². The van der Waals surface area contributed by atoms with Crippen molar-refractivity contribution in [1.82, 2.24) is 5.32 Å². The predicted molar refractivity (Wildman–Crippen MR) is 73.3 cm³/mol. The predicted octanol–water partition coefficient (Wildman–Crippen LogP) is 2.22. The van der Waals surface area contributed by atoms with E-state index in [-0.39, 0.29) is 12.0 Å². The van der Waals surface area contributed by atoms with Crippen LogP contribution in [-0.4, -0.2) is 25.7 Å². The SMILES string of the molecule is CCC(C)NC(C(=O)OC)c1ccc2c(c1)CCO2. The molecule has 2 unspecified atom stereocenters. The summed E-state index contributed by atoms with van der Waals surface area (Å²) in [5, 5.41) is 3.31. The summed E-state index contributed by atoms with van der Waals surface area (Å²) < 4.78 is 10.4. The van der Waals surface area contributed by atoms with Crippen LogP contribution in [0.4, 0.5) is 0 Å². The normalized spacial score (nSPS) is 16.4. The van der Waals surface area contributed by atoms with Gasteiger partial charge in [0.2, 0.25) is 0 Å². The minimum Gasteiger partial charge on any atom is -0.493 e. The number of hydrogen-bond donors (Lipinski definition) is 1. The number of nitrogens with one attached hydrogen (secondary N) is 1. The molecule has 104 valence electrons. The van der Waals surface area contributed by atoms with Gasteiger partial charge in [-0.3, -0.25) is 5.32 Å². The number of fused-ring (bicyclic) bond motifs is 1. The monoisotopic (exact) mass is 263 g/mol. The molecule has 0 saturated carbocycles. The Labute approximate surface area is 114 Å². The van der Waals surface area contributed by atoms with E-state index in [1.807, 2.05) is 18.2 Å². The zero-order valence-corrected chi connectivity index (χ0v) is 11.7. The van der Waals surface area contributed by atoms with Gasteiger partial charge in [-0.2, -0.15) is 0 Å². The molecular formula is C15H21NO3. The maximum atomic E-state index is 11.9. The fourth-order valence-electron chi connectivity index (χ4n) is 2.21. The van der Waals surface area contributed by atoms with Crippen molar-refractivity contribution in [2.75, 3.05) is 13.7 Å². The fraction of sp³-hybridized carbons (Fsp3) is 0.533. The molecule has 0 spiro atoms. The standard InChI is InChI=1S/C15H21NO3/c1-4-10(2)16-14(15(17)18-3)12-5-6-13-11(9-12)7-8-19-13/h5-6,9-10,14,16H,4,7-8H2,1-3H3. The molecule has 0 saturated heterocycles. The van der Waals surface area contributed by atoms with E-state index < -0.39 is 6.04 Å². The topological polar surface area (TPSA) is 47.6 Å². The molecule has 0 fully saturated rings. The van der Waals surface area contributed by atoms with Crippen LogP contribution in [-0.2, 0) is 16.0 Å². The van der Waals surface area contributed by atoms with Crippen LogP contribution < -0.4 is 10.1 Å². The lowest BCUT2D eigenvalue weighted by molar-refractivity contribution is -0.143. The van der Waals surface area contributed by atoms with Crippen molar-refractivity contribution in [2.24, 2.45) is 0 Å². The lowest BCUT2D eigenvalue weighted by Crippen LogP contribution is -2.35. The highest BCUT2D eigenvalue weighted by Gasteiger charge is 2.24. The zero-order chi connectivity index (χ0) is 13.8. The summed E-state index contributed by atoms with van der Waals surface area (Å²) in [7, 11) is 1.42. The number of ether oxygens (including phenoxy) is 2. The third-order valence-corrected chi connectivity index (χ3v) is 3.55. The Morgan fingerprint density at radius 3 is 3.00 bits per heavy atom. The van der Waals surface area contributed by atoms with E-state index in [1.165, 1.54) is 7.11 Å². The number of benzene rings is 1. The molecule has 0 amide bonds. The summed E-state index contributed by atoms with van der Waals surface area (Å²) in [6, 6.07) is 5.76. The van der Waals surface area contributed by atoms with Gasteiger partial charge >= 0.3 is 5.97 Å².